The highest BCUT2D eigenvalue weighted by molar-refractivity contribution is 9.10. The topological polar surface area (TPSA) is 96.8 Å². The lowest BCUT2D eigenvalue weighted by atomic mass is 10.2. The minimum Gasteiger partial charge on any atom is -0.238 e. The van der Waals surface area contributed by atoms with E-state index in [4.69, 9.17) is 10.4 Å². The fraction of sp³-hybridized carbons (Fsp3) is 0.143. The molecule has 0 aliphatic carbocycles. The first-order valence-corrected chi connectivity index (χ1v) is 6.02. The van der Waals surface area contributed by atoms with E-state index < -0.39 is 32.6 Å². The van der Waals surface area contributed by atoms with Gasteiger partial charge in [-0.05, 0) is 22.0 Å². The zero-order valence-electron chi connectivity index (χ0n) is 7.49. The average Bonchev–Trinajstić information content (AvgIpc) is 2.14. The molecule has 2 N–H and O–H groups in total. The van der Waals surface area contributed by atoms with E-state index in [0.717, 1.165) is 6.07 Å². The summed E-state index contributed by atoms with van der Waals surface area (Å²) >= 11 is 2.79. The van der Waals surface area contributed by atoms with Crippen LogP contribution in [0.15, 0.2) is 15.6 Å². The molecule has 1 rings (SSSR count). The van der Waals surface area contributed by atoms with E-state index in [1.54, 1.807) is 0 Å². The van der Waals surface area contributed by atoms with Crippen LogP contribution in [-0.2, 0) is 10.0 Å². The van der Waals surface area contributed by atoms with Crippen molar-refractivity contribution >= 4 is 26.0 Å². The van der Waals surface area contributed by atoms with Gasteiger partial charge in [0.05, 0.1) is 5.56 Å². The first-order chi connectivity index (χ1) is 7.27. The third kappa shape index (κ3) is 2.52. The molecule has 0 atom stereocenters. The number of nitrogens with zero attached hydrogens (tertiary/aromatic N) is 2. The Bertz CT molecular complexity index is 568. The Balaban J connectivity index is 3.74. The van der Waals surface area contributed by atoms with Gasteiger partial charge < -0.3 is 0 Å². The lowest BCUT2D eigenvalue weighted by Crippen LogP contribution is -2.18. The quantitative estimate of drug-likeness (QED) is 0.832. The highest BCUT2D eigenvalue weighted by Gasteiger charge is 2.26. The fourth-order valence-electron chi connectivity index (χ4n) is 1.05. The summed E-state index contributed by atoms with van der Waals surface area (Å²) in [4.78, 5) is 2.37. The molecule has 0 amide bonds. The van der Waals surface area contributed by atoms with Crippen molar-refractivity contribution in [3.8, 4) is 6.07 Å². The van der Waals surface area contributed by atoms with Gasteiger partial charge in [0.25, 0.3) is 6.43 Å². The normalized spacial score (nSPS) is 11.5. The summed E-state index contributed by atoms with van der Waals surface area (Å²) in [5.74, 6) is 0. The second-order valence-electron chi connectivity index (χ2n) is 2.66. The molecule has 1 heterocycles. The molecule has 0 aliphatic heterocycles. The fourth-order valence-corrected chi connectivity index (χ4v) is 2.31. The number of alkyl halides is 2. The predicted molar refractivity (Wildman–Crippen MR) is 53.0 cm³/mol. The van der Waals surface area contributed by atoms with E-state index in [1.807, 2.05) is 0 Å². The number of halogens is 3. The Morgan fingerprint density at radius 1 is 1.56 bits per heavy atom. The van der Waals surface area contributed by atoms with Gasteiger partial charge in [0.1, 0.15) is 21.3 Å². The van der Waals surface area contributed by atoms with Crippen LogP contribution >= 0.6 is 15.9 Å². The molecule has 1 aromatic rings. The van der Waals surface area contributed by atoms with Crippen LogP contribution in [-0.4, -0.2) is 13.4 Å². The largest absolute Gasteiger partial charge is 0.281 e. The number of hydrogen-bond acceptors (Lipinski definition) is 4. The highest BCUT2D eigenvalue weighted by Crippen LogP contribution is 2.28. The van der Waals surface area contributed by atoms with E-state index in [9.17, 15) is 17.2 Å². The second-order valence-corrected chi connectivity index (χ2v) is 4.98. The molecular weight excluding hydrogens is 308 g/mol. The Labute approximate surface area is 98.1 Å². The number of nitrogens with two attached hydrogens (primary N) is 1. The van der Waals surface area contributed by atoms with Gasteiger partial charge in [-0.25, -0.2) is 27.3 Å². The molecule has 0 aliphatic rings. The van der Waals surface area contributed by atoms with E-state index in [-0.39, 0.29) is 4.60 Å². The lowest BCUT2D eigenvalue weighted by molar-refractivity contribution is 0.142. The Morgan fingerprint density at radius 2 is 2.12 bits per heavy atom. The molecule has 0 aromatic carbocycles. The molecule has 0 bridgehead atoms. The number of pyridine rings is 1. The summed E-state index contributed by atoms with van der Waals surface area (Å²) in [5.41, 5.74) is -1.51. The Kier molecular flexibility index (Phi) is 3.57. The standard InChI is InChI=1S/C7H4BrF2N3O2S/c8-4-1-3(2-11)6(16(12,14)15)5(13-4)7(9)10/h1,7H,(H2,12,14,15). The van der Waals surface area contributed by atoms with Gasteiger partial charge in [0.15, 0.2) is 0 Å². The third-order valence-corrected chi connectivity index (χ3v) is 2.98. The minimum absolute atomic E-state index is 0.0632. The van der Waals surface area contributed by atoms with Crippen molar-refractivity contribution in [1.29, 1.82) is 5.26 Å². The zero-order valence-corrected chi connectivity index (χ0v) is 9.89. The number of hydrogen-bond donors (Lipinski definition) is 1. The smallest absolute Gasteiger partial charge is 0.238 e. The van der Waals surface area contributed by atoms with Gasteiger partial charge in [-0.15, -0.1) is 0 Å². The summed E-state index contributed by atoms with van der Waals surface area (Å²) in [7, 11) is -4.42. The molecule has 16 heavy (non-hydrogen) atoms. The Hall–Kier alpha value is -1.11. The van der Waals surface area contributed by atoms with Gasteiger partial charge >= 0.3 is 0 Å². The van der Waals surface area contributed by atoms with Gasteiger partial charge in [-0.2, -0.15) is 5.26 Å². The molecule has 1 aromatic heterocycles. The molecule has 9 heteroatoms. The van der Waals surface area contributed by atoms with Gasteiger partial charge in [-0.1, -0.05) is 0 Å². The monoisotopic (exact) mass is 311 g/mol. The minimum atomic E-state index is -4.42. The highest BCUT2D eigenvalue weighted by atomic mass is 79.9. The van der Waals surface area contributed by atoms with Gasteiger partial charge in [0, 0.05) is 0 Å². The second kappa shape index (κ2) is 4.40. The van der Waals surface area contributed by atoms with E-state index in [1.165, 1.54) is 6.07 Å². The van der Waals surface area contributed by atoms with Crippen molar-refractivity contribution < 1.29 is 17.2 Å². The summed E-state index contributed by atoms with van der Waals surface area (Å²) in [5, 5.41) is 13.4. The maximum atomic E-state index is 12.5. The number of aromatic nitrogens is 1. The van der Waals surface area contributed by atoms with Gasteiger partial charge in [0.2, 0.25) is 10.0 Å². The molecule has 5 nitrogen and oxygen atoms in total. The van der Waals surface area contributed by atoms with Crippen LogP contribution in [0.4, 0.5) is 8.78 Å². The molecular formula is C7H4BrF2N3O2S. The number of sulfonamides is 1. The van der Waals surface area contributed by atoms with E-state index in [0.29, 0.717) is 0 Å². The van der Waals surface area contributed by atoms with Crippen molar-refractivity contribution in [1.82, 2.24) is 4.98 Å². The Morgan fingerprint density at radius 3 is 2.50 bits per heavy atom. The van der Waals surface area contributed by atoms with Crippen molar-refractivity contribution in [2.24, 2.45) is 5.14 Å². The van der Waals surface area contributed by atoms with E-state index >= 15 is 0 Å². The maximum Gasteiger partial charge on any atom is 0.281 e. The van der Waals surface area contributed by atoms with Crippen LogP contribution in [0.5, 0.6) is 0 Å². The van der Waals surface area contributed by atoms with Crippen LogP contribution in [0.1, 0.15) is 17.7 Å². The van der Waals surface area contributed by atoms with Crippen LogP contribution in [0.25, 0.3) is 0 Å². The number of nitriles is 1. The van der Waals surface area contributed by atoms with Crippen molar-refractivity contribution in [3.05, 3.63) is 21.9 Å². The molecule has 0 spiro atoms. The first-order valence-electron chi connectivity index (χ1n) is 3.69. The molecule has 86 valence electrons. The zero-order chi connectivity index (χ0) is 12.5. The number of primary sulfonamides is 1. The molecule has 0 saturated carbocycles. The molecule has 0 saturated heterocycles. The van der Waals surface area contributed by atoms with Crippen molar-refractivity contribution in [2.45, 2.75) is 11.3 Å². The van der Waals surface area contributed by atoms with Crippen LogP contribution in [0, 0.1) is 11.3 Å². The van der Waals surface area contributed by atoms with Crippen molar-refractivity contribution in [2.75, 3.05) is 0 Å². The van der Waals surface area contributed by atoms with Crippen molar-refractivity contribution in [3.63, 3.8) is 0 Å². The van der Waals surface area contributed by atoms with Crippen LogP contribution < -0.4 is 5.14 Å². The van der Waals surface area contributed by atoms with Crippen LogP contribution in [0.2, 0.25) is 0 Å². The molecule has 0 fully saturated rings. The first kappa shape index (κ1) is 13.0. The maximum absolute atomic E-state index is 12.5. The van der Waals surface area contributed by atoms with Crippen LogP contribution in [0.3, 0.4) is 0 Å². The summed E-state index contributed by atoms with van der Waals surface area (Å²) in [6, 6.07) is 2.48. The van der Waals surface area contributed by atoms with E-state index in [2.05, 4.69) is 20.9 Å². The summed E-state index contributed by atoms with van der Waals surface area (Å²) in [6.07, 6.45) is -3.14. The summed E-state index contributed by atoms with van der Waals surface area (Å²) in [6.45, 7) is 0. The average molecular weight is 312 g/mol. The lowest BCUT2D eigenvalue weighted by Gasteiger charge is -2.08. The number of rotatable bonds is 2. The SMILES string of the molecule is N#Cc1cc(Br)nc(C(F)F)c1S(N)(=O)=O. The van der Waals surface area contributed by atoms with Gasteiger partial charge in [-0.3, -0.25) is 0 Å². The predicted octanol–water partition coefficient (Wildman–Crippen LogP) is 1.30. The molecule has 0 unspecified atom stereocenters. The summed E-state index contributed by atoms with van der Waals surface area (Å²) < 4.78 is 47.2. The third-order valence-electron chi connectivity index (χ3n) is 1.58. The molecule has 0 radical (unpaired) electrons.